The van der Waals surface area contributed by atoms with Crippen LogP contribution >= 0.6 is 11.8 Å². The van der Waals surface area contributed by atoms with E-state index in [1.807, 2.05) is 6.26 Å². The van der Waals surface area contributed by atoms with Gasteiger partial charge in [0.15, 0.2) is 11.5 Å². The van der Waals surface area contributed by atoms with Gasteiger partial charge in [0.1, 0.15) is 6.04 Å². The van der Waals surface area contributed by atoms with Crippen LogP contribution in [0.3, 0.4) is 0 Å². The zero-order valence-corrected chi connectivity index (χ0v) is 17.8. The summed E-state index contributed by atoms with van der Waals surface area (Å²) in [5.74, 6) is 0.960. The van der Waals surface area contributed by atoms with Gasteiger partial charge in [-0.2, -0.15) is 11.8 Å². The number of thioether (sulfide) groups is 1. The topological polar surface area (TPSA) is 106 Å². The molecule has 2 aliphatic rings. The largest absolute Gasteiger partial charge is 0.490 e. The molecule has 0 bridgehead atoms. The van der Waals surface area contributed by atoms with Gasteiger partial charge in [0, 0.05) is 17.7 Å². The van der Waals surface area contributed by atoms with Crippen molar-refractivity contribution in [3.8, 4) is 11.5 Å². The normalized spacial score (nSPS) is 17.5. The lowest BCUT2D eigenvalue weighted by molar-refractivity contribution is -0.117. The van der Waals surface area contributed by atoms with Crippen LogP contribution in [0.25, 0.3) is 0 Å². The minimum Gasteiger partial charge on any atom is -0.490 e. The summed E-state index contributed by atoms with van der Waals surface area (Å²) in [7, 11) is 0. The van der Waals surface area contributed by atoms with Crippen molar-refractivity contribution in [2.24, 2.45) is 0 Å². The molecule has 2 heterocycles. The molecular weight excluding hydrogens is 418 g/mol. The molecule has 0 saturated carbocycles. The number of carbonyl (C=O) groups excluding carboxylic acids is 3. The standard InChI is InChI=1S/C22H23N3O5S/c1-31-10-7-17-22(28)24-16-5-4-14(12-15(16)21(27)25-17)23-20(26)13-3-6-18-19(11-13)30-9-2-8-29-18/h3-6,11-12,17H,2,7-10H2,1H3,(H,23,26)(H,24,28)(H,25,27)/t17-/m0/s1. The Kier molecular flexibility index (Phi) is 6.31. The van der Waals surface area contributed by atoms with E-state index in [0.717, 1.165) is 12.2 Å². The summed E-state index contributed by atoms with van der Waals surface area (Å²) < 4.78 is 11.2. The molecular formula is C22H23N3O5S. The van der Waals surface area contributed by atoms with Crippen molar-refractivity contribution in [1.82, 2.24) is 5.32 Å². The second kappa shape index (κ2) is 9.30. The van der Waals surface area contributed by atoms with Gasteiger partial charge in [-0.1, -0.05) is 0 Å². The molecule has 2 aromatic carbocycles. The maximum absolute atomic E-state index is 12.7. The summed E-state index contributed by atoms with van der Waals surface area (Å²) in [6.45, 7) is 1.10. The molecule has 3 N–H and O–H groups in total. The smallest absolute Gasteiger partial charge is 0.255 e. The van der Waals surface area contributed by atoms with Crippen LogP contribution in [-0.2, 0) is 4.79 Å². The van der Waals surface area contributed by atoms with Gasteiger partial charge in [-0.25, -0.2) is 0 Å². The number of amides is 3. The molecule has 4 rings (SSSR count). The van der Waals surface area contributed by atoms with Crippen molar-refractivity contribution in [3.05, 3.63) is 47.5 Å². The minimum atomic E-state index is -0.591. The van der Waals surface area contributed by atoms with Crippen molar-refractivity contribution in [3.63, 3.8) is 0 Å². The highest BCUT2D eigenvalue weighted by atomic mass is 32.2. The van der Waals surface area contributed by atoms with E-state index in [9.17, 15) is 14.4 Å². The second-order valence-electron chi connectivity index (χ2n) is 7.22. The van der Waals surface area contributed by atoms with Crippen LogP contribution in [-0.4, -0.2) is 49.0 Å². The molecule has 2 aliphatic heterocycles. The van der Waals surface area contributed by atoms with Gasteiger partial charge < -0.3 is 25.4 Å². The number of ether oxygens (including phenoxy) is 2. The highest BCUT2D eigenvalue weighted by molar-refractivity contribution is 7.98. The zero-order chi connectivity index (χ0) is 21.8. The molecule has 0 spiro atoms. The Morgan fingerprint density at radius 1 is 1.13 bits per heavy atom. The lowest BCUT2D eigenvalue weighted by Crippen LogP contribution is -2.41. The lowest BCUT2D eigenvalue weighted by atomic mass is 10.1. The molecule has 0 radical (unpaired) electrons. The average molecular weight is 442 g/mol. The van der Waals surface area contributed by atoms with Crippen LogP contribution in [0, 0.1) is 0 Å². The second-order valence-corrected chi connectivity index (χ2v) is 8.21. The molecule has 0 aromatic heterocycles. The summed E-state index contributed by atoms with van der Waals surface area (Å²) in [6, 6.07) is 9.25. The average Bonchev–Trinajstić information content (AvgIpc) is 3.07. The van der Waals surface area contributed by atoms with Crippen molar-refractivity contribution in [2.75, 3.05) is 35.9 Å². The SMILES string of the molecule is CSCC[C@@H]1NC(=O)c2cc(NC(=O)c3ccc4c(c3)OCCCO4)ccc2NC1=O. The van der Waals surface area contributed by atoms with Crippen LogP contribution < -0.4 is 25.4 Å². The molecule has 9 heteroatoms. The van der Waals surface area contributed by atoms with Gasteiger partial charge in [0.25, 0.3) is 11.8 Å². The maximum Gasteiger partial charge on any atom is 0.255 e. The van der Waals surface area contributed by atoms with Crippen LogP contribution in [0.5, 0.6) is 11.5 Å². The summed E-state index contributed by atoms with van der Waals surface area (Å²) in [6.07, 6.45) is 3.27. The molecule has 0 aliphatic carbocycles. The van der Waals surface area contributed by atoms with E-state index < -0.39 is 6.04 Å². The van der Waals surface area contributed by atoms with Crippen molar-refractivity contribution >= 4 is 40.9 Å². The Balaban J connectivity index is 1.51. The number of hydrogen-bond donors (Lipinski definition) is 3. The molecule has 0 saturated heterocycles. The van der Waals surface area contributed by atoms with Crippen molar-refractivity contribution in [1.29, 1.82) is 0 Å². The Morgan fingerprint density at radius 3 is 2.74 bits per heavy atom. The zero-order valence-electron chi connectivity index (χ0n) is 17.0. The Hall–Kier alpha value is -3.20. The van der Waals surface area contributed by atoms with Gasteiger partial charge in [-0.3, -0.25) is 14.4 Å². The fourth-order valence-corrected chi connectivity index (χ4v) is 3.86. The predicted octanol–water partition coefficient (Wildman–Crippen LogP) is 2.90. The molecule has 3 amide bonds. The first kappa shape index (κ1) is 21.0. The van der Waals surface area contributed by atoms with Gasteiger partial charge in [-0.05, 0) is 54.8 Å². The number of rotatable bonds is 5. The van der Waals surface area contributed by atoms with Crippen molar-refractivity contribution < 1.29 is 23.9 Å². The fourth-order valence-electron chi connectivity index (χ4n) is 3.39. The summed E-state index contributed by atoms with van der Waals surface area (Å²) in [5, 5.41) is 8.35. The van der Waals surface area contributed by atoms with E-state index in [0.29, 0.717) is 53.6 Å². The number of anilines is 2. The number of benzene rings is 2. The van der Waals surface area contributed by atoms with E-state index in [4.69, 9.17) is 9.47 Å². The van der Waals surface area contributed by atoms with E-state index in [1.54, 1.807) is 48.2 Å². The van der Waals surface area contributed by atoms with E-state index in [2.05, 4.69) is 16.0 Å². The summed E-state index contributed by atoms with van der Waals surface area (Å²) in [5.41, 5.74) is 1.58. The van der Waals surface area contributed by atoms with Crippen molar-refractivity contribution in [2.45, 2.75) is 18.9 Å². The fraction of sp³-hybridized carbons (Fsp3) is 0.318. The molecule has 8 nitrogen and oxygen atoms in total. The number of carbonyl (C=O) groups is 3. The number of nitrogens with one attached hydrogen (secondary N) is 3. The molecule has 162 valence electrons. The summed E-state index contributed by atoms with van der Waals surface area (Å²) in [4.78, 5) is 37.8. The molecule has 0 unspecified atom stereocenters. The molecule has 1 atom stereocenters. The summed E-state index contributed by atoms with van der Waals surface area (Å²) >= 11 is 1.61. The Bertz CT molecular complexity index is 1030. The quantitative estimate of drug-likeness (QED) is 0.659. The highest BCUT2D eigenvalue weighted by Crippen LogP contribution is 2.31. The molecule has 2 aromatic rings. The maximum atomic E-state index is 12.7. The lowest BCUT2D eigenvalue weighted by Gasteiger charge is -2.13. The Labute approximate surface area is 184 Å². The van der Waals surface area contributed by atoms with Gasteiger partial charge in [0.05, 0.1) is 24.5 Å². The number of hydrogen-bond acceptors (Lipinski definition) is 6. The molecule has 31 heavy (non-hydrogen) atoms. The van der Waals surface area contributed by atoms with Gasteiger partial charge in [-0.15, -0.1) is 0 Å². The van der Waals surface area contributed by atoms with Gasteiger partial charge in [0.2, 0.25) is 5.91 Å². The first-order valence-corrected chi connectivity index (χ1v) is 11.4. The third-order valence-corrected chi connectivity index (χ3v) is 5.67. The van der Waals surface area contributed by atoms with Gasteiger partial charge >= 0.3 is 0 Å². The van der Waals surface area contributed by atoms with Crippen LogP contribution in [0.2, 0.25) is 0 Å². The predicted molar refractivity (Wildman–Crippen MR) is 119 cm³/mol. The van der Waals surface area contributed by atoms with E-state index in [1.165, 1.54) is 0 Å². The number of fused-ring (bicyclic) bond motifs is 2. The van der Waals surface area contributed by atoms with Crippen LogP contribution in [0.1, 0.15) is 33.6 Å². The third-order valence-electron chi connectivity index (χ3n) is 5.02. The highest BCUT2D eigenvalue weighted by Gasteiger charge is 2.27. The molecule has 0 fully saturated rings. The van der Waals surface area contributed by atoms with Crippen LogP contribution in [0.4, 0.5) is 11.4 Å². The monoisotopic (exact) mass is 441 g/mol. The van der Waals surface area contributed by atoms with E-state index in [-0.39, 0.29) is 17.7 Å². The Morgan fingerprint density at radius 2 is 1.94 bits per heavy atom. The minimum absolute atomic E-state index is 0.245. The van der Waals surface area contributed by atoms with Crippen LogP contribution in [0.15, 0.2) is 36.4 Å². The third kappa shape index (κ3) is 4.77. The van der Waals surface area contributed by atoms with E-state index >= 15 is 0 Å². The first-order chi connectivity index (χ1) is 15.0. The first-order valence-electron chi connectivity index (χ1n) is 10.0.